The third-order valence-corrected chi connectivity index (χ3v) is 2.83. The first kappa shape index (κ1) is 5.69. The SMILES string of the molecule is OC[C@@H]1NC[C@@H]2CC[C@@H]21. The van der Waals surface area contributed by atoms with Crippen molar-refractivity contribution >= 4 is 0 Å². The Labute approximate surface area is 55.3 Å². The zero-order chi connectivity index (χ0) is 6.27. The van der Waals surface area contributed by atoms with Crippen LogP contribution in [0, 0.1) is 11.8 Å². The van der Waals surface area contributed by atoms with E-state index in [2.05, 4.69) is 5.32 Å². The lowest BCUT2D eigenvalue weighted by atomic mass is 9.73. The molecule has 0 bridgehead atoms. The van der Waals surface area contributed by atoms with Gasteiger partial charge in [-0.05, 0) is 31.2 Å². The minimum Gasteiger partial charge on any atom is -0.395 e. The zero-order valence-electron chi connectivity index (χ0n) is 5.51. The molecule has 0 unspecified atom stereocenters. The van der Waals surface area contributed by atoms with Crippen LogP contribution < -0.4 is 5.32 Å². The Morgan fingerprint density at radius 1 is 1.44 bits per heavy atom. The van der Waals surface area contributed by atoms with Crippen LogP contribution in [0.5, 0.6) is 0 Å². The smallest absolute Gasteiger partial charge is 0.0587 e. The zero-order valence-corrected chi connectivity index (χ0v) is 5.51. The van der Waals surface area contributed by atoms with Gasteiger partial charge in [-0.1, -0.05) is 0 Å². The van der Waals surface area contributed by atoms with Gasteiger partial charge in [0.1, 0.15) is 0 Å². The van der Waals surface area contributed by atoms with E-state index in [0.717, 1.165) is 18.4 Å². The third kappa shape index (κ3) is 0.700. The summed E-state index contributed by atoms with van der Waals surface area (Å²) in [5.74, 6) is 1.72. The summed E-state index contributed by atoms with van der Waals surface area (Å²) >= 11 is 0. The third-order valence-electron chi connectivity index (χ3n) is 2.83. The lowest BCUT2D eigenvalue weighted by Crippen LogP contribution is -2.34. The second kappa shape index (κ2) is 1.96. The molecular formula is C7H13NO. The van der Waals surface area contributed by atoms with E-state index in [-0.39, 0.29) is 0 Å². The van der Waals surface area contributed by atoms with Crippen LogP contribution in [0.2, 0.25) is 0 Å². The standard InChI is InChI=1S/C7H13NO/c9-4-7-6-2-1-5(6)3-8-7/h5-9H,1-4H2/t5-,6-,7-/m0/s1. The van der Waals surface area contributed by atoms with Crippen molar-refractivity contribution in [3.63, 3.8) is 0 Å². The number of rotatable bonds is 1. The fourth-order valence-electron chi connectivity index (χ4n) is 2.03. The van der Waals surface area contributed by atoms with Gasteiger partial charge in [0.25, 0.3) is 0 Å². The van der Waals surface area contributed by atoms with Gasteiger partial charge < -0.3 is 10.4 Å². The monoisotopic (exact) mass is 127 g/mol. The van der Waals surface area contributed by atoms with Crippen LogP contribution in [0.1, 0.15) is 12.8 Å². The average Bonchev–Trinajstić information content (AvgIpc) is 2.07. The average molecular weight is 127 g/mol. The molecule has 0 spiro atoms. The second-order valence-corrected chi connectivity index (χ2v) is 3.20. The first-order valence-corrected chi connectivity index (χ1v) is 3.76. The molecule has 2 N–H and O–H groups in total. The highest BCUT2D eigenvalue weighted by molar-refractivity contribution is 4.96. The van der Waals surface area contributed by atoms with E-state index in [1.54, 1.807) is 0 Å². The second-order valence-electron chi connectivity index (χ2n) is 3.20. The molecule has 1 heterocycles. The summed E-state index contributed by atoms with van der Waals surface area (Å²) in [5.41, 5.74) is 0. The molecule has 1 aliphatic heterocycles. The Morgan fingerprint density at radius 3 is 2.67 bits per heavy atom. The summed E-state index contributed by atoms with van der Waals surface area (Å²) in [4.78, 5) is 0. The molecule has 52 valence electrons. The molecule has 2 nitrogen and oxygen atoms in total. The number of hydrogen-bond donors (Lipinski definition) is 2. The number of aliphatic hydroxyl groups excluding tert-OH is 1. The van der Waals surface area contributed by atoms with Crippen molar-refractivity contribution in [2.75, 3.05) is 13.2 Å². The lowest BCUT2D eigenvalue weighted by Gasteiger charge is -2.32. The van der Waals surface area contributed by atoms with Crippen molar-refractivity contribution in [2.45, 2.75) is 18.9 Å². The van der Waals surface area contributed by atoms with Gasteiger partial charge in [-0.15, -0.1) is 0 Å². The maximum atomic E-state index is 8.83. The molecule has 0 aromatic rings. The maximum Gasteiger partial charge on any atom is 0.0587 e. The van der Waals surface area contributed by atoms with E-state index in [1.165, 1.54) is 12.8 Å². The largest absolute Gasteiger partial charge is 0.395 e. The molecule has 2 fully saturated rings. The minimum atomic E-state index is 0.334. The normalized spacial score (nSPS) is 48.3. The molecule has 1 saturated heterocycles. The van der Waals surface area contributed by atoms with Gasteiger partial charge in [-0.3, -0.25) is 0 Å². The first-order valence-electron chi connectivity index (χ1n) is 3.76. The van der Waals surface area contributed by atoms with Gasteiger partial charge >= 0.3 is 0 Å². The molecule has 1 aliphatic carbocycles. The van der Waals surface area contributed by atoms with E-state index >= 15 is 0 Å². The maximum absolute atomic E-state index is 8.83. The fraction of sp³-hybridized carbons (Fsp3) is 1.00. The Kier molecular flexibility index (Phi) is 1.24. The van der Waals surface area contributed by atoms with E-state index in [4.69, 9.17) is 5.11 Å². The lowest BCUT2D eigenvalue weighted by molar-refractivity contribution is 0.156. The van der Waals surface area contributed by atoms with Crippen LogP contribution in [-0.2, 0) is 0 Å². The van der Waals surface area contributed by atoms with E-state index in [0.29, 0.717) is 12.6 Å². The highest BCUT2D eigenvalue weighted by atomic mass is 16.3. The van der Waals surface area contributed by atoms with Gasteiger partial charge in [0, 0.05) is 6.04 Å². The summed E-state index contributed by atoms with van der Waals surface area (Å²) in [5, 5.41) is 12.1. The fourth-order valence-corrected chi connectivity index (χ4v) is 2.03. The van der Waals surface area contributed by atoms with Crippen molar-refractivity contribution in [2.24, 2.45) is 11.8 Å². The van der Waals surface area contributed by atoms with Crippen molar-refractivity contribution in [3.05, 3.63) is 0 Å². The van der Waals surface area contributed by atoms with E-state index in [1.807, 2.05) is 0 Å². The number of fused-ring (bicyclic) bond motifs is 1. The van der Waals surface area contributed by atoms with Gasteiger partial charge in [0.05, 0.1) is 6.61 Å². The van der Waals surface area contributed by atoms with Crippen LogP contribution in [0.4, 0.5) is 0 Å². The summed E-state index contributed by atoms with van der Waals surface area (Å²) in [6.07, 6.45) is 2.72. The first-order chi connectivity index (χ1) is 4.42. The topological polar surface area (TPSA) is 32.3 Å². The van der Waals surface area contributed by atoms with Crippen molar-refractivity contribution < 1.29 is 5.11 Å². The predicted octanol–water partition coefficient (Wildman–Crippen LogP) is -0.0233. The van der Waals surface area contributed by atoms with Crippen molar-refractivity contribution in [1.82, 2.24) is 5.32 Å². The molecule has 3 atom stereocenters. The Balaban J connectivity index is 1.97. The molecule has 1 saturated carbocycles. The highest BCUT2D eigenvalue weighted by Crippen LogP contribution is 2.39. The van der Waals surface area contributed by atoms with Crippen molar-refractivity contribution in [1.29, 1.82) is 0 Å². The molecule has 0 aromatic carbocycles. The van der Waals surface area contributed by atoms with Crippen LogP contribution >= 0.6 is 0 Å². The summed E-state index contributed by atoms with van der Waals surface area (Å²) < 4.78 is 0. The number of aliphatic hydroxyl groups is 1. The number of nitrogens with one attached hydrogen (secondary N) is 1. The molecule has 0 radical (unpaired) electrons. The summed E-state index contributed by atoms with van der Waals surface area (Å²) in [7, 11) is 0. The molecule has 2 aliphatic rings. The molecule has 2 rings (SSSR count). The Morgan fingerprint density at radius 2 is 2.33 bits per heavy atom. The highest BCUT2D eigenvalue weighted by Gasteiger charge is 2.41. The summed E-state index contributed by atoms with van der Waals surface area (Å²) in [6.45, 7) is 1.48. The minimum absolute atomic E-state index is 0.334. The van der Waals surface area contributed by atoms with Crippen LogP contribution in [0.3, 0.4) is 0 Å². The van der Waals surface area contributed by atoms with Crippen LogP contribution in [-0.4, -0.2) is 24.3 Å². The van der Waals surface area contributed by atoms with E-state index in [9.17, 15) is 0 Å². The van der Waals surface area contributed by atoms with Crippen molar-refractivity contribution in [3.8, 4) is 0 Å². The van der Waals surface area contributed by atoms with Gasteiger partial charge in [-0.2, -0.15) is 0 Å². The van der Waals surface area contributed by atoms with Gasteiger partial charge in [0.2, 0.25) is 0 Å². The molecule has 2 heteroatoms. The predicted molar refractivity (Wildman–Crippen MR) is 35.1 cm³/mol. The summed E-state index contributed by atoms with van der Waals surface area (Å²) in [6, 6.07) is 0.434. The Hall–Kier alpha value is -0.0800. The van der Waals surface area contributed by atoms with E-state index < -0.39 is 0 Å². The molecule has 0 aromatic heterocycles. The van der Waals surface area contributed by atoms with Crippen LogP contribution in [0.15, 0.2) is 0 Å². The van der Waals surface area contributed by atoms with Gasteiger partial charge in [0.15, 0.2) is 0 Å². The number of hydrogen-bond acceptors (Lipinski definition) is 2. The molecule has 9 heavy (non-hydrogen) atoms. The molecule has 0 amide bonds. The van der Waals surface area contributed by atoms with Gasteiger partial charge in [-0.25, -0.2) is 0 Å². The van der Waals surface area contributed by atoms with Crippen LogP contribution in [0.25, 0.3) is 0 Å². The molecular weight excluding hydrogens is 114 g/mol. The Bertz CT molecular complexity index is 113. The quantitative estimate of drug-likeness (QED) is 0.518.